The van der Waals surface area contributed by atoms with Gasteiger partial charge in [-0.15, -0.1) is 0 Å². The average Bonchev–Trinajstić information content (AvgIpc) is 2.78. The molecule has 2 aliphatic rings. The first-order chi connectivity index (χ1) is 12.9. The predicted molar refractivity (Wildman–Crippen MR) is 101 cm³/mol. The molecular formula is C18H20ClFN4O2S. The van der Waals surface area contributed by atoms with Gasteiger partial charge in [0.05, 0.1) is 17.6 Å². The molecule has 3 heterocycles. The number of benzene rings is 1. The van der Waals surface area contributed by atoms with Gasteiger partial charge in [-0.05, 0) is 36.5 Å². The van der Waals surface area contributed by atoms with Crippen LogP contribution in [0.4, 0.5) is 10.3 Å². The molecule has 0 spiro atoms. The first-order valence-electron chi connectivity index (χ1n) is 8.89. The molecule has 0 aliphatic carbocycles. The Balaban J connectivity index is 1.47. The molecule has 2 fully saturated rings. The second kappa shape index (κ2) is 7.33. The first kappa shape index (κ1) is 18.6. The third-order valence-corrected chi connectivity index (χ3v) is 7.96. The van der Waals surface area contributed by atoms with E-state index in [1.807, 2.05) is 17.0 Å². The molecule has 144 valence electrons. The maximum atomic E-state index is 13.0. The van der Waals surface area contributed by atoms with Crippen molar-refractivity contribution in [2.24, 2.45) is 5.92 Å². The van der Waals surface area contributed by atoms with Crippen molar-refractivity contribution in [2.45, 2.75) is 24.6 Å². The Labute approximate surface area is 163 Å². The standard InChI is InChI=1S/C18H20ClFN4O2S/c19-15-3-1-13(2-4-15)11-24-12-14-5-7-23(8-6-17(14)27(24,25)26)18-21-9-16(20)10-22-18/h1-4,9-10,14,17H,5-8,11-12H2/t14-,17-/m1/s1. The average molecular weight is 411 g/mol. The van der Waals surface area contributed by atoms with Crippen molar-refractivity contribution in [3.05, 3.63) is 53.1 Å². The van der Waals surface area contributed by atoms with Crippen LogP contribution in [0.25, 0.3) is 0 Å². The minimum Gasteiger partial charge on any atom is -0.341 e. The maximum Gasteiger partial charge on any atom is 0.225 e. The summed E-state index contributed by atoms with van der Waals surface area (Å²) in [6, 6.07) is 7.27. The number of aromatic nitrogens is 2. The quantitative estimate of drug-likeness (QED) is 0.778. The lowest BCUT2D eigenvalue weighted by Gasteiger charge is -2.22. The van der Waals surface area contributed by atoms with E-state index in [2.05, 4.69) is 9.97 Å². The van der Waals surface area contributed by atoms with E-state index < -0.39 is 21.1 Å². The molecular weight excluding hydrogens is 391 g/mol. The molecule has 6 nitrogen and oxygen atoms in total. The van der Waals surface area contributed by atoms with Crippen molar-refractivity contribution in [3.63, 3.8) is 0 Å². The summed E-state index contributed by atoms with van der Waals surface area (Å²) in [5, 5.41) is 0.242. The highest BCUT2D eigenvalue weighted by molar-refractivity contribution is 7.90. The van der Waals surface area contributed by atoms with Crippen molar-refractivity contribution < 1.29 is 12.8 Å². The number of nitrogens with zero attached hydrogens (tertiary/aromatic N) is 4. The van der Waals surface area contributed by atoms with Crippen LogP contribution < -0.4 is 4.90 Å². The third-order valence-electron chi connectivity index (χ3n) is 5.32. The zero-order chi connectivity index (χ0) is 19.0. The summed E-state index contributed by atoms with van der Waals surface area (Å²) in [6.07, 6.45) is 3.53. The normalized spacial score (nSPS) is 25.2. The number of hydrogen-bond donors (Lipinski definition) is 0. The SMILES string of the molecule is O=S1(=O)[C@@H]2CCN(c3ncc(F)cn3)CC[C@@H]2CN1Cc1ccc(Cl)cc1. The van der Waals surface area contributed by atoms with Crippen molar-refractivity contribution in [2.75, 3.05) is 24.5 Å². The Hall–Kier alpha value is -1.77. The van der Waals surface area contributed by atoms with E-state index in [9.17, 15) is 12.8 Å². The minimum atomic E-state index is -3.36. The number of halogens is 2. The molecule has 0 saturated carbocycles. The van der Waals surface area contributed by atoms with E-state index >= 15 is 0 Å². The summed E-state index contributed by atoms with van der Waals surface area (Å²) in [5.41, 5.74) is 0.931. The van der Waals surface area contributed by atoms with Crippen molar-refractivity contribution >= 4 is 27.6 Å². The highest BCUT2D eigenvalue weighted by atomic mass is 35.5. The topological polar surface area (TPSA) is 66.4 Å². The van der Waals surface area contributed by atoms with Gasteiger partial charge < -0.3 is 4.90 Å². The van der Waals surface area contributed by atoms with Crippen LogP contribution in [0.15, 0.2) is 36.7 Å². The number of anilines is 1. The molecule has 0 N–H and O–H groups in total. The molecule has 0 radical (unpaired) electrons. The fourth-order valence-corrected chi connectivity index (χ4v) is 6.26. The van der Waals surface area contributed by atoms with Gasteiger partial charge in [0.15, 0.2) is 5.82 Å². The smallest absolute Gasteiger partial charge is 0.225 e. The number of hydrogen-bond acceptors (Lipinski definition) is 5. The van der Waals surface area contributed by atoms with Gasteiger partial charge in [-0.25, -0.2) is 22.8 Å². The van der Waals surface area contributed by atoms with Crippen LogP contribution in [0, 0.1) is 11.7 Å². The van der Waals surface area contributed by atoms with Gasteiger partial charge in [0.1, 0.15) is 0 Å². The minimum absolute atomic E-state index is 0.0766. The first-order valence-corrected chi connectivity index (χ1v) is 10.8. The van der Waals surface area contributed by atoms with Gasteiger partial charge in [-0.3, -0.25) is 0 Å². The van der Waals surface area contributed by atoms with Crippen LogP contribution in [0.1, 0.15) is 18.4 Å². The summed E-state index contributed by atoms with van der Waals surface area (Å²) < 4.78 is 40.7. The van der Waals surface area contributed by atoms with Crippen LogP contribution in [0.5, 0.6) is 0 Å². The zero-order valence-electron chi connectivity index (χ0n) is 14.6. The number of fused-ring (bicyclic) bond motifs is 1. The summed E-state index contributed by atoms with van der Waals surface area (Å²) in [6.45, 7) is 2.10. The van der Waals surface area contributed by atoms with Crippen LogP contribution in [-0.2, 0) is 16.6 Å². The molecule has 0 amide bonds. The summed E-state index contributed by atoms with van der Waals surface area (Å²) in [7, 11) is -3.36. The highest BCUT2D eigenvalue weighted by Gasteiger charge is 2.46. The molecule has 4 rings (SSSR count). The molecule has 1 aromatic heterocycles. The van der Waals surface area contributed by atoms with Gasteiger partial charge in [0.2, 0.25) is 16.0 Å². The Morgan fingerprint density at radius 2 is 1.78 bits per heavy atom. The van der Waals surface area contributed by atoms with Crippen molar-refractivity contribution in [1.29, 1.82) is 0 Å². The third kappa shape index (κ3) is 3.79. The second-order valence-corrected chi connectivity index (χ2v) is 9.62. The van der Waals surface area contributed by atoms with E-state index in [1.54, 1.807) is 16.4 Å². The molecule has 2 saturated heterocycles. The fraction of sp³-hybridized carbons (Fsp3) is 0.444. The predicted octanol–water partition coefficient (Wildman–Crippen LogP) is 2.70. The van der Waals surface area contributed by atoms with Gasteiger partial charge >= 0.3 is 0 Å². The largest absolute Gasteiger partial charge is 0.341 e. The highest BCUT2D eigenvalue weighted by Crippen LogP contribution is 2.35. The second-order valence-electron chi connectivity index (χ2n) is 7.03. The van der Waals surface area contributed by atoms with Crippen LogP contribution >= 0.6 is 11.6 Å². The molecule has 2 aliphatic heterocycles. The Bertz CT molecular complexity index is 908. The monoisotopic (exact) mass is 410 g/mol. The molecule has 27 heavy (non-hydrogen) atoms. The van der Waals surface area contributed by atoms with E-state index in [0.717, 1.165) is 24.4 Å². The van der Waals surface area contributed by atoms with Gasteiger partial charge in [0, 0.05) is 31.2 Å². The number of sulfonamides is 1. The van der Waals surface area contributed by atoms with Crippen LogP contribution in [0.2, 0.25) is 5.02 Å². The Morgan fingerprint density at radius 3 is 2.48 bits per heavy atom. The molecule has 2 atom stereocenters. The van der Waals surface area contributed by atoms with E-state index in [-0.39, 0.29) is 5.92 Å². The van der Waals surface area contributed by atoms with Crippen LogP contribution in [-0.4, -0.2) is 47.6 Å². The molecule has 2 aromatic rings. The fourth-order valence-electron chi connectivity index (χ4n) is 3.91. The Kier molecular flexibility index (Phi) is 5.05. The zero-order valence-corrected chi connectivity index (χ0v) is 16.2. The molecule has 0 unspecified atom stereocenters. The Morgan fingerprint density at radius 1 is 1.11 bits per heavy atom. The van der Waals surface area contributed by atoms with Gasteiger partial charge in [-0.2, -0.15) is 4.31 Å². The molecule has 1 aromatic carbocycles. The lowest BCUT2D eigenvalue weighted by atomic mass is 10.0. The molecule has 9 heteroatoms. The lowest BCUT2D eigenvalue weighted by Crippen LogP contribution is -2.32. The van der Waals surface area contributed by atoms with Crippen LogP contribution in [0.3, 0.4) is 0 Å². The van der Waals surface area contributed by atoms with E-state index in [0.29, 0.717) is 43.6 Å². The maximum absolute atomic E-state index is 13.0. The summed E-state index contributed by atoms with van der Waals surface area (Å²) in [5.74, 6) is 0.0467. The van der Waals surface area contributed by atoms with E-state index in [4.69, 9.17) is 11.6 Å². The lowest BCUT2D eigenvalue weighted by molar-refractivity contribution is 0.381. The molecule has 0 bridgehead atoms. The van der Waals surface area contributed by atoms with Gasteiger partial charge in [-0.1, -0.05) is 23.7 Å². The number of rotatable bonds is 3. The van der Waals surface area contributed by atoms with Gasteiger partial charge in [0.25, 0.3) is 0 Å². The van der Waals surface area contributed by atoms with E-state index in [1.165, 1.54) is 0 Å². The van der Waals surface area contributed by atoms with Crippen molar-refractivity contribution in [3.8, 4) is 0 Å². The summed E-state index contributed by atoms with van der Waals surface area (Å²) >= 11 is 5.91. The summed E-state index contributed by atoms with van der Waals surface area (Å²) in [4.78, 5) is 9.98. The van der Waals surface area contributed by atoms with Crippen molar-refractivity contribution in [1.82, 2.24) is 14.3 Å².